The van der Waals surface area contributed by atoms with Crippen LogP contribution in [-0.2, 0) is 0 Å². The van der Waals surface area contributed by atoms with Gasteiger partial charge in [0.15, 0.2) is 0 Å². The summed E-state index contributed by atoms with van der Waals surface area (Å²) < 4.78 is 12.5. The summed E-state index contributed by atoms with van der Waals surface area (Å²) >= 11 is 0. The van der Waals surface area contributed by atoms with Crippen molar-refractivity contribution in [1.82, 2.24) is 4.86 Å². The Bertz CT molecular complexity index is 1920. The Morgan fingerprint density at radius 3 is 0.755 bits per heavy atom. The number of benzene rings is 6. The lowest BCUT2D eigenvalue weighted by Gasteiger charge is -2.37. The molecule has 0 saturated carbocycles. The van der Waals surface area contributed by atoms with Gasteiger partial charge in [0, 0.05) is 21.2 Å². The topological polar surface area (TPSA) is 36.8 Å². The zero-order valence-corrected chi connectivity index (χ0v) is 34.4. The van der Waals surface area contributed by atoms with Gasteiger partial charge in [-0.2, -0.15) is 0 Å². The molecule has 0 amide bonds. The summed E-state index contributed by atoms with van der Waals surface area (Å²) in [7, 11) is -5.79. The zero-order valence-electron chi connectivity index (χ0n) is 32.6. The van der Waals surface area contributed by atoms with Crippen molar-refractivity contribution in [2.24, 2.45) is 9.49 Å². The lowest BCUT2D eigenvalue weighted by atomic mass is 9.93. The van der Waals surface area contributed by atoms with Gasteiger partial charge in [0.25, 0.3) is 0 Å². The van der Waals surface area contributed by atoms with Crippen LogP contribution in [0.2, 0.25) is 0 Å². The average Bonchev–Trinajstić information content (AvgIpc) is 3.18. The molecule has 0 aliphatic rings. The second-order valence-corrected chi connectivity index (χ2v) is 20.9. The van der Waals surface area contributed by atoms with Gasteiger partial charge in [-0.05, 0) is 45.9 Å². The van der Waals surface area contributed by atoms with Crippen LogP contribution in [0.25, 0.3) is 0 Å². The van der Waals surface area contributed by atoms with Gasteiger partial charge in [0.1, 0.15) is 0 Å². The number of nitrogens with one attached hydrogen (secondary N) is 1. The second kappa shape index (κ2) is 16.8. The van der Waals surface area contributed by atoms with Crippen molar-refractivity contribution in [2.75, 3.05) is 0 Å². The van der Waals surface area contributed by atoms with E-state index in [-0.39, 0.29) is 0 Å². The van der Waals surface area contributed by atoms with Crippen molar-refractivity contribution >= 4 is 47.0 Å². The molecular weight excluding hydrogens is 680 g/mol. The third-order valence-corrected chi connectivity index (χ3v) is 17.5. The van der Waals surface area contributed by atoms with Crippen molar-refractivity contribution in [2.45, 2.75) is 79.1 Å². The first-order chi connectivity index (χ1) is 25.6. The molecule has 3 nitrogen and oxygen atoms in total. The van der Waals surface area contributed by atoms with Gasteiger partial charge >= 0.3 is 0 Å². The van der Waals surface area contributed by atoms with E-state index in [1.165, 1.54) is 43.5 Å². The largest absolute Gasteiger partial charge is 0.242 e. The van der Waals surface area contributed by atoms with Gasteiger partial charge in [-0.1, -0.05) is 213 Å². The summed E-state index contributed by atoms with van der Waals surface area (Å²) in [4.78, 5) is 4.60. The van der Waals surface area contributed by atoms with Crippen molar-refractivity contribution in [1.29, 1.82) is 0 Å². The fraction of sp³-hybridized carbons (Fsp3) is 0.250. The Labute approximate surface area is 319 Å². The summed E-state index contributed by atoms with van der Waals surface area (Å²) in [6.45, 7) is 18.3. The Hall–Kier alpha value is -4.26. The molecule has 272 valence electrons. The van der Waals surface area contributed by atoms with Crippen molar-refractivity contribution in [3.8, 4) is 0 Å². The van der Waals surface area contributed by atoms with Crippen LogP contribution in [0.3, 0.4) is 0 Å². The monoisotopic (exact) mass is 735 g/mol. The lowest BCUT2D eigenvalue weighted by molar-refractivity contribution is 0.835. The zero-order chi connectivity index (χ0) is 37.6. The maximum Gasteiger partial charge on any atom is 0.0973 e. The molecule has 0 bridgehead atoms. The van der Waals surface area contributed by atoms with E-state index in [2.05, 4.69) is 218 Å². The molecule has 53 heavy (non-hydrogen) atoms. The van der Waals surface area contributed by atoms with Crippen molar-refractivity contribution in [3.63, 3.8) is 0 Å². The predicted octanol–water partition coefficient (Wildman–Crippen LogP) is 13.3. The van der Waals surface area contributed by atoms with Crippen molar-refractivity contribution in [3.05, 3.63) is 180 Å². The van der Waals surface area contributed by atoms with Gasteiger partial charge in [-0.15, -0.1) is 0 Å². The average molecular weight is 736 g/mol. The second-order valence-electron chi connectivity index (χ2n) is 15.1. The minimum absolute atomic E-state index is 0.292. The Balaban J connectivity index is 1.90. The number of hydrogen-bond donors (Lipinski definition) is 1. The number of rotatable bonds is 12. The molecule has 6 aromatic carbocycles. The number of nitrogens with zero attached hydrogens (tertiary/aromatic N) is 2. The Morgan fingerprint density at radius 1 is 0.321 bits per heavy atom. The molecule has 6 rings (SSSR count). The van der Waals surface area contributed by atoms with E-state index in [4.69, 9.17) is 9.49 Å². The normalized spacial score (nSPS) is 12.2. The fourth-order valence-electron chi connectivity index (χ4n) is 7.14. The predicted molar refractivity (Wildman–Crippen MR) is 235 cm³/mol. The van der Waals surface area contributed by atoms with E-state index in [9.17, 15) is 0 Å². The fourth-order valence-corrected chi connectivity index (χ4v) is 15.6. The quantitative estimate of drug-likeness (QED) is 0.125. The van der Waals surface area contributed by atoms with Crippen LogP contribution in [0.4, 0.5) is 11.4 Å². The smallest absolute Gasteiger partial charge is 0.0973 e. The van der Waals surface area contributed by atoms with E-state index in [0.717, 1.165) is 11.4 Å². The van der Waals surface area contributed by atoms with E-state index < -0.39 is 14.4 Å². The molecule has 0 fully saturated rings. The minimum Gasteiger partial charge on any atom is -0.242 e. The molecule has 6 aromatic rings. The van der Waals surface area contributed by atoms with Crippen LogP contribution in [-0.4, -0.2) is 0 Å². The van der Waals surface area contributed by atoms with Crippen LogP contribution in [0.15, 0.2) is 167 Å². The van der Waals surface area contributed by atoms with Crippen LogP contribution in [0.5, 0.6) is 0 Å². The highest BCUT2D eigenvalue weighted by molar-refractivity contribution is 7.93. The third-order valence-electron chi connectivity index (χ3n) is 9.99. The Morgan fingerprint density at radius 2 is 0.547 bits per heavy atom. The summed E-state index contributed by atoms with van der Waals surface area (Å²) in [6.07, 6.45) is 0. The minimum atomic E-state index is -2.89. The molecule has 0 spiro atoms. The summed E-state index contributed by atoms with van der Waals surface area (Å²) in [5, 5.41) is 4.69. The summed E-state index contributed by atoms with van der Waals surface area (Å²) in [5.41, 5.74) is 7.25. The highest BCUT2D eigenvalue weighted by atomic mass is 31.2. The van der Waals surface area contributed by atoms with Gasteiger partial charge in [-0.3, -0.25) is 0 Å². The molecule has 5 heteroatoms. The van der Waals surface area contributed by atoms with Gasteiger partial charge in [-0.25, -0.2) is 14.3 Å². The highest BCUT2D eigenvalue weighted by Crippen LogP contribution is 2.61. The summed E-state index contributed by atoms with van der Waals surface area (Å²) in [6, 6.07) is 57.4. The number of hydrogen-bond acceptors (Lipinski definition) is 2. The first-order valence-electron chi connectivity index (χ1n) is 19.1. The maximum absolute atomic E-state index is 6.23. The first kappa shape index (κ1) is 38.5. The van der Waals surface area contributed by atoms with Crippen LogP contribution < -0.4 is 26.1 Å². The van der Waals surface area contributed by atoms with Gasteiger partial charge < -0.3 is 0 Å². The van der Waals surface area contributed by atoms with Crippen LogP contribution in [0.1, 0.15) is 101 Å². The Kier molecular flexibility index (Phi) is 12.2. The SMILES string of the molecule is CC(C)c1cccc(C(C)C)c1N=P(NP(=Nc1c(C(C)C)cccc1C(C)C)(c1ccccc1)c1ccccc1)(c1ccccc1)c1ccccc1. The third kappa shape index (κ3) is 8.00. The molecule has 0 saturated heterocycles. The molecule has 0 radical (unpaired) electrons. The first-order valence-corrected chi connectivity index (χ1v) is 22.6. The van der Waals surface area contributed by atoms with Crippen LogP contribution in [0, 0.1) is 0 Å². The molecule has 0 aliphatic carbocycles. The molecule has 0 aromatic heterocycles. The standard InChI is InChI=1S/C48H55N3P2/c1-35(2)43-31-21-32-44(36(3)4)47(43)49-52(39-23-13-9-14-24-39,40-25-15-10-16-26-40)51-53(41-27-17-11-18-28-41,42-29-19-12-20-30-42)50-48-45(37(5)6)33-22-34-46(48)38(7)8/h9-38,51H,1-8H3. The van der Waals surface area contributed by atoms with E-state index in [0.29, 0.717) is 23.7 Å². The maximum atomic E-state index is 6.23. The van der Waals surface area contributed by atoms with Crippen molar-refractivity contribution < 1.29 is 0 Å². The van der Waals surface area contributed by atoms with Gasteiger partial charge in [0.2, 0.25) is 0 Å². The van der Waals surface area contributed by atoms with E-state index >= 15 is 0 Å². The molecule has 0 atom stereocenters. The molecule has 0 unspecified atom stereocenters. The molecule has 0 aliphatic heterocycles. The van der Waals surface area contributed by atoms with Crippen LogP contribution >= 0.6 is 14.4 Å². The van der Waals surface area contributed by atoms with Gasteiger partial charge in [0.05, 0.1) is 25.8 Å². The van der Waals surface area contributed by atoms with E-state index in [1.807, 2.05) is 0 Å². The highest BCUT2D eigenvalue weighted by Gasteiger charge is 2.37. The lowest BCUT2D eigenvalue weighted by Crippen LogP contribution is -2.33. The molecule has 1 N–H and O–H groups in total. The summed E-state index contributed by atoms with van der Waals surface area (Å²) in [5.74, 6) is 1.17. The molecular formula is C48H55N3P2. The van der Waals surface area contributed by atoms with E-state index in [1.54, 1.807) is 0 Å². The molecule has 0 heterocycles.